The highest BCUT2D eigenvalue weighted by molar-refractivity contribution is 7.27. The van der Waals surface area contributed by atoms with E-state index in [2.05, 4.69) is 5.32 Å². The molecule has 0 aliphatic rings. The summed E-state index contributed by atoms with van der Waals surface area (Å²) in [7, 11) is 1.63. The fourth-order valence-corrected chi connectivity index (χ4v) is 4.42. The van der Waals surface area contributed by atoms with E-state index in [1.807, 2.05) is 17.5 Å². The van der Waals surface area contributed by atoms with Crippen molar-refractivity contribution in [2.45, 2.75) is 6.04 Å². The lowest BCUT2D eigenvalue weighted by atomic mass is 10.0. The third-order valence-electron chi connectivity index (χ3n) is 3.06. The average molecular weight is 313 g/mol. The molecule has 0 saturated heterocycles. The summed E-state index contributed by atoms with van der Waals surface area (Å²) >= 11 is 3.05. The normalized spacial score (nSPS) is 13.0. The highest BCUT2D eigenvalue weighted by Crippen LogP contribution is 2.37. The van der Waals surface area contributed by atoms with Crippen molar-refractivity contribution in [3.8, 4) is 0 Å². The first kappa shape index (κ1) is 13.6. The molecule has 1 nitrogen and oxygen atoms in total. The van der Waals surface area contributed by atoms with E-state index in [0.29, 0.717) is 12.1 Å². The molecule has 0 radical (unpaired) electrons. The van der Waals surface area contributed by atoms with Crippen molar-refractivity contribution in [1.82, 2.24) is 5.32 Å². The largest absolute Gasteiger partial charge is 0.308 e. The maximum Gasteiger partial charge on any atom is 0.134 e. The van der Waals surface area contributed by atoms with Gasteiger partial charge in [0.1, 0.15) is 17.5 Å². The van der Waals surface area contributed by atoms with Gasteiger partial charge in [-0.3, -0.25) is 0 Å². The van der Waals surface area contributed by atoms with Gasteiger partial charge in [0, 0.05) is 32.0 Å². The second-order valence-electron chi connectivity index (χ2n) is 4.30. The summed E-state index contributed by atoms with van der Waals surface area (Å²) in [5, 5.41) is 4.87. The molecule has 2 heterocycles. The van der Waals surface area contributed by atoms with E-state index in [-0.39, 0.29) is 5.56 Å². The van der Waals surface area contributed by atoms with Crippen LogP contribution in [0, 0.1) is 17.5 Å². The molecular formula is C14H10F3NS2. The van der Waals surface area contributed by atoms with Gasteiger partial charge >= 0.3 is 0 Å². The zero-order valence-corrected chi connectivity index (χ0v) is 12.0. The van der Waals surface area contributed by atoms with Crippen molar-refractivity contribution in [2.75, 3.05) is 7.05 Å². The summed E-state index contributed by atoms with van der Waals surface area (Å²) in [6, 6.07) is 4.67. The van der Waals surface area contributed by atoms with Crippen molar-refractivity contribution < 1.29 is 13.2 Å². The number of rotatable bonds is 3. The number of thiophene rings is 2. The summed E-state index contributed by atoms with van der Waals surface area (Å²) in [5.74, 6) is -2.66. The predicted molar refractivity (Wildman–Crippen MR) is 76.9 cm³/mol. The molecule has 0 amide bonds. The number of halogens is 3. The molecule has 1 atom stereocenters. The van der Waals surface area contributed by atoms with Crippen LogP contribution in [0.5, 0.6) is 0 Å². The number of hydrogen-bond acceptors (Lipinski definition) is 3. The highest BCUT2D eigenvalue weighted by atomic mass is 32.1. The summed E-state index contributed by atoms with van der Waals surface area (Å²) in [6.07, 6.45) is 0. The monoisotopic (exact) mass is 313 g/mol. The molecule has 3 aromatic rings. The number of nitrogens with one attached hydrogen (secondary N) is 1. The molecule has 2 aromatic heterocycles. The molecule has 0 bridgehead atoms. The third-order valence-corrected chi connectivity index (χ3v) is 5.22. The van der Waals surface area contributed by atoms with E-state index in [1.54, 1.807) is 18.4 Å². The van der Waals surface area contributed by atoms with Gasteiger partial charge < -0.3 is 5.32 Å². The van der Waals surface area contributed by atoms with E-state index in [0.717, 1.165) is 14.3 Å². The van der Waals surface area contributed by atoms with Crippen LogP contribution in [0.4, 0.5) is 13.2 Å². The van der Waals surface area contributed by atoms with E-state index in [4.69, 9.17) is 0 Å². The standard InChI is InChI=1S/C14H10F3NS2/c1-18-14(12-6-11-10(20-12)2-3-19-11)13-8(16)4-7(15)5-9(13)17/h2-6,14,18H,1H3. The first-order chi connectivity index (χ1) is 9.60. The third kappa shape index (κ3) is 2.24. The molecule has 1 unspecified atom stereocenters. The Kier molecular flexibility index (Phi) is 3.54. The number of hydrogen-bond donors (Lipinski definition) is 1. The van der Waals surface area contributed by atoms with Gasteiger partial charge in [-0.05, 0) is 24.6 Å². The SMILES string of the molecule is CNC(c1cc2sccc2s1)c1c(F)cc(F)cc1F. The van der Waals surface area contributed by atoms with Gasteiger partial charge in [0.2, 0.25) is 0 Å². The maximum absolute atomic E-state index is 13.9. The van der Waals surface area contributed by atoms with Gasteiger partial charge in [0.25, 0.3) is 0 Å². The number of fused-ring (bicyclic) bond motifs is 1. The second kappa shape index (κ2) is 5.20. The van der Waals surface area contributed by atoms with Crippen molar-refractivity contribution in [2.24, 2.45) is 0 Å². The topological polar surface area (TPSA) is 12.0 Å². The molecule has 20 heavy (non-hydrogen) atoms. The lowest BCUT2D eigenvalue weighted by Crippen LogP contribution is -2.19. The van der Waals surface area contributed by atoms with Gasteiger partial charge in [0.05, 0.1) is 6.04 Å². The predicted octanol–water partition coefficient (Wildman–Crippen LogP) is 4.69. The lowest BCUT2D eigenvalue weighted by Gasteiger charge is -2.16. The minimum Gasteiger partial charge on any atom is -0.308 e. The van der Waals surface area contributed by atoms with Gasteiger partial charge in [-0.1, -0.05) is 0 Å². The summed E-state index contributed by atoms with van der Waals surface area (Å²) in [4.78, 5) is 0.804. The summed E-state index contributed by atoms with van der Waals surface area (Å²) in [6.45, 7) is 0. The molecule has 3 rings (SSSR count). The zero-order chi connectivity index (χ0) is 14.3. The van der Waals surface area contributed by atoms with Crippen molar-refractivity contribution in [1.29, 1.82) is 0 Å². The minimum absolute atomic E-state index is 0.150. The van der Waals surface area contributed by atoms with Crippen molar-refractivity contribution >= 4 is 32.1 Å². The second-order valence-corrected chi connectivity index (χ2v) is 6.37. The zero-order valence-electron chi connectivity index (χ0n) is 10.4. The molecule has 0 spiro atoms. The first-order valence-corrected chi connectivity index (χ1v) is 7.58. The highest BCUT2D eigenvalue weighted by Gasteiger charge is 2.23. The Labute approximate surface area is 121 Å². The molecule has 0 aliphatic carbocycles. The van der Waals surface area contributed by atoms with E-state index < -0.39 is 23.5 Å². The Morgan fingerprint density at radius 3 is 2.35 bits per heavy atom. The van der Waals surface area contributed by atoms with Crippen LogP contribution in [0.25, 0.3) is 9.40 Å². The Morgan fingerprint density at radius 1 is 1.05 bits per heavy atom. The van der Waals surface area contributed by atoms with Gasteiger partial charge in [0.15, 0.2) is 0 Å². The van der Waals surface area contributed by atoms with Crippen LogP contribution in [0.2, 0.25) is 0 Å². The Bertz CT molecular complexity index is 711. The first-order valence-electron chi connectivity index (χ1n) is 5.89. The van der Waals surface area contributed by atoms with Crippen LogP contribution >= 0.6 is 22.7 Å². The van der Waals surface area contributed by atoms with Crippen molar-refractivity contribution in [3.05, 3.63) is 57.5 Å². The molecule has 0 fully saturated rings. The quantitative estimate of drug-likeness (QED) is 0.740. The van der Waals surface area contributed by atoms with Crippen LogP contribution < -0.4 is 5.32 Å². The smallest absolute Gasteiger partial charge is 0.134 e. The summed E-state index contributed by atoms with van der Waals surface area (Å²) < 4.78 is 43.0. The van der Waals surface area contributed by atoms with Gasteiger partial charge in [-0.15, -0.1) is 22.7 Å². The van der Waals surface area contributed by atoms with Crippen LogP contribution in [-0.2, 0) is 0 Å². The Morgan fingerprint density at radius 2 is 1.75 bits per heavy atom. The van der Waals surface area contributed by atoms with Crippen LogP contribution in [-0.4, -0.2) is 7.05 Å². The number of benzene rings is 1. The molecule has 6 heteroatoms. The van der Waals surface area contributed by atoms with E-state index in [9.17, 15) is 13.2 Å². The van der Waals surface area contributed by atoms with Crippen LogP contribution in [0.1, 0.15) is 16.5 Å². The fraction of sp³-hybridized carbons (Fsp3) is 0.143. The molecule has 104 valence electrons. The van der Waals surface area contributed by atoms with Gasteiger partial charge in [-0.25, -0.2) is 13.2 Å². The lowest BCUT2D eigenvalue weighted by molar-refractivity contribution is 0.502. The molecule has 1 aromatic carbocycles. The average Bonchev–Trinajstić information content (AvgIpc) is 2.93. The molecule has 1 N–H and O–H groups in total. The van der Waals surface area contributed by atoms with E-state index >= 15 is 0 Å². The van der Waals surface area contributed by atoms with Crippen LogP contribution in [0.15, 0.2) is 29.6 Å². The van der Waals surface area contributed by atoms with Crippen LogP contribution in [0.3, 0.4) is 0 Å². The van der Waals surface area contributed by atoms with E-state index in [1.165, 1.54) is 11.3 Å². The summed E-state index contributed by atoms with van der Waals surface area (Å²) in [5.41, 5.74) is -0.150. The van der Waals surface area contributed by atoms with Gasteiger partial charge in [-0.2, -0.15) is 0 Å². The Balaban J connectivity index is 2.12. The maximum atomic E-state index is 13.9. The molecule has 0 aliphatic heterocycles. The fourth-order valence-electron chi connectivity index (χ4n) is 2.18. The molecule has 0 saturated carbocycles. The Hall–Kier alpha value is -1.37. The van der Waals surface area contributed by atoms with Crippen molar-refractivity contribution in [3.63, 3.8) is 0 Å². The minimum atomic E-state index is -0.911. The molecular weight excluding hydrogens is 303 g/mol.